The summed E-state index contributed by atoms with van der Waals surface area (Å²) in [4.78, 5) is 20.9. The zero-order valence-corrected chi connectivity index (χ0v) is 21.3. The van der Waals surface area contributed by atoms with Crippen LogP contribution in [0, 0.1) is 0 Å². The van der Waals surface area contributed by atoms with E-state index < -0.39 is 10.0 Å². The number of aliphatic hydroxyl groups excluding tert-OH is 1. The molecular weight excluding hydrogens is 470 g/mol. The highest BCUT2D eigenvalue weighted by Crippen LogP contribution is 2.35. The van der Waals surface area contributed by atoms with Gasteiger partial charge in [0, 0.05) is 19.0 Å². The molecule has 0 saturated heterocycles. The van der Waals surface area contributed by atoms with E-state index in [1.165, 1.54) is 16.4 Å². The summed E-state index contributed by atoms with van der Waals surface area (Å²) < 4.78 is 35.1. The van der Waals surface area contributed by atoms with Crippen molar-refractivity contribution in [3.8, 4) is 17.1 Å². The number of hydrogen-bond donors (Lipinski definition) is 2. The lowest BCUT2D eigenvalue weighted by Crippen LogP contribution is -2.33. The number of ether oxygens (including phenoxy) is 1. The molecule has 1 aliphatic carbocycles. The second kappa shape index (κ2) is 10.5. The first kappa shape index (κ1) is 25.3. The number of hydrogen-bond acceptors (Lipinski definition) is 7. The fourth-order valence-corrected chi connectivity index (χ4v) is 6.22. The van der Waals surface area contributed by atoms with Crippen molar-refractivity contribution < 1.29 is 18.3 Å². The minimum absolute atomic E-state index is 0.0119. The molecule has 0 radical (unpaired) electrons. The van der Waals surface area contributed by atoms with Gasteiger partial charge < -0.3 is 14.8 Å². The van der Waals surface area contributed by atoms with E-state index >= 15 is 0 Å². The van der Waals surface area contributed by atoms with Crippen LogP contribution in [0.5, 0.6) is 5.75 Å². The number of imidazole rings is 1. The zero-order valence-electron chi connectivity index (χ0n) is 20.5. The highest BCUT2D eigenvalue weighted by Gasteiger charge is 2.27. The third-order valence-electron chi connectivity index (χ3n) is 6.50. The molecule has 0 amide bonds. The van der Waals surface area contributed by atoms with Crippen LogP contribution < -0.4 is 10.3 Å². The van der Waals surface area contributed by atoms with Crippen molar-refractivity contribution >= 4 is 15.5 Å². The van der Waals surface area contributed by atoms with E-state index in [2.05, 4.69) is 4.98 Å². The normalized spacial score (nSPS) is 14.9. The van der Waals surface area contributed by atoms with Gasteiger partial charge in [-0.15, -0.1) is 5.10 Å². The number of sulfonamides is 1. The molecule has 2 heterocycles. The maximum atomic E-state index is 13.2. The number of aromatic nitrogens is 4. The molecule has 4 rings (SSSR count). The topological polar surface area (TPSA) is 130 Å². The molecule has 1 fully saturated rings. The Bertz CT molecular complexity index is 1360. The molecule has 1 aliphatic rings. The smallest absolute Gasteiger partial charge is 0.277 e. The predicted octanol–water partition coefficient (Wildman–Crippen LogP) is 2.71. The molecule has 190 valence electrons. The quantitative estimate of drug-likeness (QED) is 0.435. The lowest BCUT2D eigenvalue weighted by molar-refractivity contribution is 0.257. The summed E-state index contributed by atoms with van der Waals surface area (Å²) in [5.74, 6) is 1.65. The largest absolute Gasteiger partial charge is 0.493 e. The number of fused-ring (bicyclic) bond motifs is 1. The van der Waals surface area contributed by atoms with Gasteiger partial charge in [0.25, 0.3) is 5.56 Å². The van der Waals surface area contributed by atoms with Crippen molar-refractivity contribution in [2.75, 3.05) is 26.3 Å². The van der Waals surface area contributed by atoms with Crippen LogP contribution in [-0.4, -0.2) is 63.7 Å². The highest BCUT2D eigenvalue weighted by molar-refractivity contribution is 7.89. The Hall–Kier alpha value is -2.76. The molecule has 0 spiro atoms. The van der Waals surface area contributed by atoms with E-state index in [0.29, 0.717) is 35.6 Å². The SMILES string of the molecule is CCOc1ccc(S(=O)(=O)N(CC)CCO)cc1-c1nn2c(C3CCCC3)nc(CC)c2c(=O)[nH]1. The molecule has 3 aromatic rings. The van der Waals surface area contributed by atoms with E-state index in [4.69, 9.17) is 14.8 Å². The van der Waals surface area contributed by atoms with Crippen LogP contribution >= 0.6 is 0 Å². The second-order valence-corrected chi connectivity index (χ2v) is 10.6. The second-order valence-electron chi connectivity index (χ2n) is 8.63. The molecule has 10 nitrogen and oxygen atoms in total. The first-order valence-electron chi connectivity index (χ1n) is 12.3. The maximum Gasteiger partial charge on any atom is 0.277 e. The average molecular weight is 504 g/mol. The first-order valence-corrected chi connectivity index (χ1v) is 13.7. The standard InChI is InChI=1S/C24H33N5O5S/c1-4-19-21-24(31)26-22(27-29(21)23(25-19)16-9-7-8-10-16)18-15-17(11-12-20(18)34-6-3)35(32,33)28(5-2)13-14-30/h11-12,15-16,30H,4-10,13-14H2,1-3H3,(H,26,27,31). The van der Waals surface area contributed by atoms with Gasteiger partial charge in [0.2, 0.25) is 10.0 Å². The Morgan fingerprint density at radius 3 is 2.60 bits per heavy atom. The monoisotopic (exact) mass is 503 g/mol. The van der Waals surface area contributed by atoms with E-state index in [1.807, 2.05) is 13.8 Å². The third kappa shape index (κ3) is 4.72. The fourth-order valence-electron chi connectivity index (χ4n) is 4.76. The zero-order chi connectivity index (χ0) is 25.2. The number of nitrogens with zero attached hydrogens (tertiary/aromatic N) is 4. The van der Waals surface area contributed by atoms with Gasteiger partial charge in [-0.05, 0) is 44.4 Å². The number of benzene rings is 1. The minimum Gasteiger partial charge on any atom is -0.493 e. The molecule has 0 bridgehead atoms. The van der Waals surface area contributed by atoms with Crippen molar-refractivity contribution in [3.05, 3.63) is 40.1 Å². The Labute approximate surface area is 205 Å². The summed E-state index contributed by atoms with van der Waals surface area (Å²) in [6, 6.07) is 4.51. The molecule has 0 unspecified atom stereocenters. The molecule has 1 saturated carbocycles. The van der Waals surface area contributed by atoms with Crippen LogP contribution in [0.1, 0.15) is 63.9 Å². The van der Waals surface area contributed by atoms with Gasteiger partial charge in [-0.3, -0.25) is 4.79 Å². The number of aromatic amines is 1. The summed E-state index contributed by atoms with van der Waals surface area (Å²) in [6.07, 6.45) is 4.85. The van der Waals surface area contributed by atoms with E-state index in [1.54, 1.807) is 17.5 Å². The summed E-state index contributed by atoms with van der Waals surface area (Å²) >= 11 is 0. The molecule has 0 aliphatic heterocycles. The van der Waals surface area contributed by atoms with E-state index in [-0.39, 0.29) is 41.9 Å². The molecule has 0 atom stereocenters. The van der Waals surface area contributed by atoms with Crippen LogP contribution in [0.4, 0.5) is 0 Å². The van der Waals surface area contributed by atoms with Crippen LogP contribution in [-0.2, 0) is 16.4 Å². The lowest BCUT2D eigenvalue weighted by atomic mass is 10.1. The summed E-state index contributed by atoms with van der Waals surface area (Å²) in [5, 5.41) is 14.1. The van der Waals surface area contributed by atoms with Crippen LogP contribution in [0.2, 0.25) is 0 Å². The van der Waals surface area contributed by atoms with Crippen molar-refractivity contribution in [1.82, 2.24) is 23.9 Å². The first-order chi connectivity index (χ1) is 16.8. The van der Waals surface area contributed by atoms with Crippen molar-refractivity contribution in [1.29, 1.82) is 0 Å². The number of aliphatic hydroxyl groups is 1. The Morgan fingerprint density at radius 2 is 1.97 bits per heavy atom. The van der Waals surface area contributed by atoms with E-state index in [0.717, 1.165) is 31.5 Å². The molecule has 1 aromatic carbocycles. The van der Waals surface area contributed by atoms with Gasteiger partial charge in [-0.1, -0.05) is 26.7 Å². The number of nitrogens with one attached hydrogen (secondary N) is 1. The van der Waals surface area contributed by atoms with Gasteiger partial charge in [0.15, 0.2) is 11.3 Å². The molecule has 11 heteroatoms. The van der Waals surface area contributed by atoms with Gasteiger partial charge in [-0.2, -0.15) is 4.31 Å². The van der Waals surface area contributed by atoms with E-state index in [9.17, 15) is 18.3 Å². The Morgan fingerprint density at radius 1 is 1.23 bits per heavy atom. The Balaban J connectivity index is 1.92. The highest BCUT2D eigenvalue weighted by atomic mass is 32.2. The van der Waals surface area contributed by atoms with Gasteiger partial charge in [0.05, 0.1) is 29.4 Å². The van der Waals surface area contributed by atoms with Crippen molar-refractivity contribution in [2.24, 2.45) is 0 Å². The van der Waals surface area contributed by atoms with Crippen LogP contribution in [0.3, 0.4) is 0 Å². The Kier molecular flexibility index (Phi) is 7.58. The summed E-state index contributed by atoms with van der Waals surface area (Å²) in [6.45, 7) is 5.78. The lowest BCUT2D eigenvalue weighted by Gasteiger charge is -2.20. The summed E-state index contributed by atoms with van der Waals surface area (Å²) in [5.41, 5.74) is 1.18. The average Bonchev–Trinajstić information content (AvgIpc) is 3.50. The van der Waals surface area contributed by atoms with Crippen molar-refractivity contribution in [2.45, 2.75) is 63.7 Å². The number of likely N-dealkylation sites (N-methyl/N-ethyl adjacent to an activating group) is 1. The predicted molar refractivity (Wildman–Crippen MR) is 132 cm³/mol. The minimum atomic E-state index is -3.87. The number of aryl methyl sites for hydroxylation is 1. The molecule has 2 N–H and O–H groups in total. The maximum absolute atomic E-state index is 13.2. The van der Waals surface area contributed by atoms with Gasteiger partial charge in [0.1, 0.15) is 11.6 Å². The number of H-pyrrole nitrogens is 1. The van der Waals surface area contributed by atoms with Gasteiger partial charge >= 0.3 is 0 Å². The number of rotatable bonds is 10. The van der Waals surface area contributed by atoms with Gasteiger partial charge in [-0.25, -0.2) is 17.9 Å². The molecule has 35 heavy (non-hydrogen) atoms. The fraction of sp³-hybridized carbons (Fsp3) is 0.542. The van der Waals surface area contributed by atoms with Crippen LogP contribution in [0.15, 0.2) is 27.9 Å². The summed E-state index contributed by atoms with van der Waals surface area (Å²) in [7, 11) is -3.87. The van der Waals surface area contributed by atoms with Crippen molar-refractivity contribution in [3.63, 3.8) is 0 Å². The third-order valence-corrected chi connectivity index (χ3v) is 8.47. The molecule has 2 aromatic heterocycles. The molecular formula is C24H33N5O5S. The van der Waals surface area contributed by atoms with Crippen LogP contribution in [0.25, 0.3) is 16.9 Å².